The summed E-state index contributed by atoms with van der Waals surface area (Å²) >= 11 is 0. The molecule has 0 amide bonds. The number of para-hydroxylation sites is 1. The summed E-state index contributed by atoms with van der Waals surface area (Å²) in [4.78, 5) is 14.8. The molecule has 2 rings (SSSR count). The van der Waals surface area contributed by atoms with Crippen LogP contribution in [0.3, 0.4) is 0 Å². The van der Waals surface area contributed by atoms with E-state index in [1.165, 1.54) is 6.07 Å². The number of halogens is 1. The molecule has 3 N–H and O–H groups in total. The summed E-state index contributed by atoms with van der Waals surface area (Å²) in [6.07, 6.45) is 0. The zero-order chi connectivity index (χ0) is 11.9. The number of carbonyl (C=O) groups excluding carboxylic acids is 1. The second-order valence-corrected chi connectivity index (χ2v) is 3.94. The fraction of sp³-hybridized carbons (Fsp3) is 0.250. The smallest absolute Gasteiger partial charge is 0.181 e. The number of aryl methyl sites for hydroxylation is 1. The van der Waals surface area contributed by atoms with Gasteiger partial charge in [-0.25, -0.2) is 4.39 Å². The van der Waals surface area contributed by atoms with Crippen LogP contribution in [0.2, 0.25) is 0 Å². The van der Waals surface area contributed by atoms with Gasteiger partial charge in [-0.05, 0) is 19.9 Å². The van der Waals surface area contributed by atoms with E-state index >= 15 is 0 Å². The van der Waals surface area contributed by atoms with Crippen LogP contribution in [0.5, 0.6) is 0 Å². The molecule has 3 nitrogen and oxygen atoms in total. The molecule has 0 fully saturated rings. The second-order valence-electron chi connectivity index (χ2n) is 3.94. The second kappa shape index (κ2) is 3.72. The van der Waals surface area contributed by atoms with Gasteiger partial charge in [-0.1, -0.05) is 12.1 Å². The average molecular weight is 220 g/mol. The Hall–Kier alpha value is -1.68. The molecule has 0 aliphatic heterocycles. The number of carbonyl (C=O) groups is 1. The van der Waals surface area contributed by atoms with E-state index in [1.807, 2.05) is 0 Å². The maximum Gasteiger partial charge on any atom is 0.181 e. The van der Waals surface area contributed by atoms with Gasteiger partial charge in [0.15, 0.2) is 5.78 Å². The minimum atomic E-state index is -0.582. The molecule has 0 bridgehead atoms. The molecule has 16 heavy (non-hydrogen) atoms. The van der Waals surface area contributed by atoms with Gasteiger partial charge in [0.1, 0.15) is 5.82 Å². The van der Waals surface area contributed by atoms with Crippen molar-refractivity contribution in [2.24, 2.45) is 5.73 Å². The van der Waals surface area contributed by atoms with Crippen molar-refractivity contribution in [3.63, 3.8) is 0 Å². The Labute approximate surface area is 92.4 Å². The monoisotopic (exact) mass is 220 g/mol. The highest BCUT2D eigenvalue weighted by molar-refractivity contribution is 6.11. The predicted octanol–water partition coefficient (Wildman–Crippen LogP) is 2.15. The van der Waals surface area contributed by atoms with Gasteiger partial charge in [0.2, 0.25) is 0 Å². The van der Waals surface area contributed by atoms with Crippen molar-refractivity contribution in [1.82, 2.24) is 4.98 Å². The number of aromatic amines is 1. The van der Waals surface area contributed by atoms with Gasteiger partial charge in [0.25, 0.3) is 0 Å². The highest BCUT2D eigenvalue weighted by Crippen LogP contribution is 2.25. The van der Waals surface area contributed by atoms with Crippen LogP contribution >= 0.6 is 0 Å². The lowest BCUT2D eigenvalue weighted by atomic mass is 10.0. The Bertz CT molecular complexity index is 557. The van der Waals surface area contributed by atoms with Crippen LogP contribution in [-0.2, 0) is 0 Å². The Balaban J connectivity index is 2.75. The summed E-state index contributed by atoms with van der Waals surface area (Å²) in [7, 11) is 0. The van der Waals surface area contributed by atoms with Crippen LogP contribution in [0.15, 0.2) is 18.2 Å². The predicted molar refractivity (Wildman–Crippen MR) is 61.0 cm³/mol. The molecule has 0 saturated carbocycles. The van der Waals surface area contributed by atoms with Crippen molar-refractivity contribution in [2.75, 3.05) is 0 Å². The Morgan fingerprint density at radius 1 is 1.50 bits per heavy atom. The molecule has 1 unspecified atom stereocenters. The maximum absolute atomic E-state index is 13.5. The zero-order valence-electron chi connectivity index (χ0n) is 9.17. The zero-order valence-corrected chi connectivity index (χ0v) is 9.17. The van der Waals surface area contributed by atoms with Gasteiger partial charge in [0, 0.05) is 16.6 Å². The average Bonchev–Trinajstić information content (AvgIpc) is 2.55. The van der Waals surface area contributed by atoms with Crippen molar-refractivity contribution in [3.05, 3.63) is 35.3 Å². The first-order chi connectivity index (χ1) is 7.52. The number of benzene rings is 1. The van der Waals surface area contributed by atoms with E-state index in [4.69, 9.17) is 5.73 Å². The molecule has 1 atom stereocenters. The number of nitrogens with one attached hydrogen (secondary N) is 1. The minimum Gasteiger partial charge on any atom is -0.356 e. The Morgan fingerprint density at radius 2 is 2.19 bits per heavy atom. The number of hydrogen-bond donors (Lipinski definition) is 2. The first-order valence-electron chi connectivity index (χ1n) is 5.09. The van der Waals surface area contributed by atoms with Gasteiger partial charge in [-0.15, -0.1) is 0 Å². The summed E-state index contributed by atoms with van der Waals surface area (Å²) in [6.45, 7) is 3.37. The molecule has 4 heteroatoms. The number of Topliss-reactive ketones (excluding diaryl/α,β-unsaturated/α-hetero) is 1. The minimum absolute atomic E-state index is 0.172. The van der Waals surface area contributed by atoms with Crippen molar-refractivity contribution in [1.29, 1.82) is 0 Å². The Morgan fingerprint density at radius 3 is 2.81 bits per heavy atom. The highest BCUT2D eigenvalue weighted by Gasteiger charge is 2.19. The van der Waals surface area contributed by atoms with Crippen LogP contribution in [0.4, 0.5) is 4.39 Å². The summed E-state index contributed by atoms with van der Waals surface area (Å²) in [5.41, 5.74) is 7.08. The standard InChI is InChI=1S/C12H13FN2O/c1-6(14)12(16)10-7(2)15-11-8(10)4-3-5-9(11)13/h3-6,15H,14H2,1-2H3. The number of ketones is 1. The van der Waals surface area contributed by atoms with Crippen LogP contribution < -0.4 is 5.73 Å². The lowest BCUT2D eigenvalue weighted by Gasteiger charge is -2.04. The topological polar surface area (TPSA) is 58.9 Å². The molecule has 2 aromatic rings. The van der Waals surface area contributed by atoms with E-state index < -0.39 is 6.04 Å². The molecule has 0 saturated heterocycles. The third-order valence-electron chi connectivity index (χ3n) is 2.63. The molecular weight excluding hydrogens is 207 g/mol. The van der Waals surface area contributed by atoms with Gasteiger partial charge in [-0.2, -0.15) is 0 Å². The number of hydrogen-bond acceptors (Lipinski definition) is 2. The van der Waals surface area contributed by atoms with Crippen molar-refractivity contribution >= 4 is 16.7 Å². The van der Waals surface area contributed by atoms with Crippen LogP contribution in [-0.4, -0.2) is 16.8 Å². The maximum atomic E-state index is 13.5. The van der Waals surface area contributed by atoms with Gasteiger partial charge in [-0.3, -0.25) is 4.79 Å². The number of aromatic nitrogens is 1. The first-order valence-corrected chi connectivity index (χ1v) is 5.09. The Kier molecular flexibility index (Phi) is 2.52. The molecule has 0 spiro atoms. The molecular formula is C12H13FN2O. The summed E-state index contributed by atoms with van der Waals surface area (Å²) in [5.74, 6) is -0.529. The lowest BCUT2D eigenvalue weighted by molar-refractivity contribution is 0.0969. The van der Waals surface area contributed by atoms with Crippen molar-refractivity contribution in [3.8, 4) is 0 Å². The summed E-state index contributed by atoms with van der Waals surface area (Å²) < 4.78 is 13.5. The molecule has 0 aliphatic rings. The van der Waals surface area contributed by atoms with Crippen LogP contribution in [0.25, 0.3) is 10.9 Å². The molecule has 1 aromatic heterocycles. The van der Waals surface area contributed by atoms with Crippen LogP contribution in [0, 0.1) is 12.7 Å². The molecule has 0 aliphatic carbocycles. The quantitative estimate of drug-likeness (QED) is 0.762. The van der Waals surface area contributed by atoms with Crippen molar-refractivity contribution in [2.45, 2.75) is 19.9 Å². The largest absolute Gasteiger partial charge is 0.356 e. The van der Waals surface area contributed by atoms with E-state index in [-0.39, 0.29) is 11.6 Å². The number of H-pyrrole nitrogens is 1. The molecule has 0 radical (unpaired) electrons. The van der Waals surface area contributed by atoms with Gasteiger partial charge in [0.05, 0.1) is 11.6 Å². The third-order valence-corrected chi connectivity index (χ3v) is 2.63. The molecule has 1 heterocycles. The van der Waals surface area contributed by atoms with Crippen LogP contribution in [0.1, 0.15) is 23.0 Å². The van der Waals surface area contributed by atoms with Crippen molar-refractivity contribution < 1.29 is 9.18 Å². The van der Waals surface area contributed by atoms with Gasteiger partial charge >= 0.3 is 0 Å². The van der Waals surface area contributed by atoms with E-state index in [1.54, 1.807) is 26.0 Å². The van der Waals surface area contributed by atoms with E-state index in [9.17, 15) is 9.18 Å². The first kappa shape index (κ1) is 10.8. The fourth-order valence-electron chi connectivity index (χ4n) is 1.86. The number of fused-ring (bicyclic) bond motifs is 1. The number of rotatable bonds is 2. The summed E-state index contributed by atoms with van der Waals surface area (Å²) in [5, 5.41) is 0.597. The molecule has 84 valence electrons. The normalized spacial score (nSPS) is 13.0. The third kappa shape index (κ3) is 1.51. The fourth-order valence-corrected chi connectivity index (χ4v) is 1.86. The van der Waals surface area contributed by atoms with E-state index in [2.05, 4.69) is 4.98 Å². The summed E-state index contributed by atoms with van der Waals surface area (Å²) in [6, 6.07) is 4.08. The highest BCUT2D eigenvalue weighted by atomic mass is 19.1. The lowest BCUT2D eigenvalue weighted by Crippen LogP contribution is -2.27. The molecule has 1 aromatic carbocycles. The van der Waals surface area contributed by atoms with E-state index in [0.29, 0.717) is 22.2 Å². The number of nitrogens with two attached hydrogens (primary N) is 1. The SMILES string of the molecule is Cc1[nH]c2c(F)cccc2c1C(=O)C(C)N. The van der Waals surface area contributed by atoms with Gasteiger partial charge < -0.3 is 10.7 Å². The van der Waals surface area contributed by atoms with E-state index in [0.717, 1.165) is 0 Å².